The van der Waals surface area contributed by atoms with Crippen LogP contribution in [0.5, 0.6) is 11.5 Å². The lowest BCUT2D eigenvalue weighted by atomic mass is 10.1. The van der Waals surface area contributed by atoms with Gasteiger partial charge in [0.1, 0.15) is 6.04 Å². The van der Waals surface area contributed by atoms with Crippen molar-refractivity contribution >= 4 is 11.9 Å². The van der Waals surface area contributed by atoms with Crippen LogP contribution in [0.4, 0.5) is 0 Å². The smallest absolute Gasteiger partial charge is 0.326 e. The van der Waals surface area contributed by atoms with E-state index in [1.54, 1.807) is 26.0 Å². The van der Waals surface area contributed by atoms with Crippen molar-refractivity contribution in [2.24, 2.45) is 5.92 Å². The second kappa shape index (κ2) is 7.52. The van der Waals surface area contributed by atoms with Crippen LogP contribution in [0.2, 0.25) is 0 Å². The standard InChI is InChI=1S/C15H21NO5/c1-9(2)14(15(18)19)16-13(17)8-21-11-6-5-10(3)7-12(11)20-4/h5-7,9,14H,8H2,1-4H3,(H,16,17)(H,18,19)/t14-/m1/s1. The number of carboxylic acids is 1. The van der Waals surface area contributed by atoms with Crippen molar-refractivity contribution < 1.29 is 24.2 Å². The SMILES string of the molecule is COc1cc(C)ccc1OCC(=O)N[C@@H](C(=O)O)C(C)C. The highest BCUT2D eigenvalue weighted by Crippen LogP contribution is 2.27. The number of hydrogen-bond acceptors (Lipinski definition) is 4. The molecule has 6 nitrogen and oxygen atoms in total. The molecule has 1 aromatic rings. The third-order valence-corrected chi connectivity index (χ3v) is 2.93. The largest absolute Gasteiger partial charge is 0.493 e. The molecular weight excluding hydrogens is 274 g/mol. The molecule has 0 heterocycles. The second-order valence-electron chi connectivity index (χ2n) is 5.07. The van der Waals surface area contributed by atoms with Crippen LogP contribution in [0.1, 0.15) is 19.4 Å². The number of aliphatic carboxylic acids is 1. The molecule has 0 bridgehead atoms. The van der Waals surface area contributed by atoms with Crippen molar-refractivity contribution in [2.45, 2.75) is 26.8 Å². The highest BCUT2D eigenvalue weighted by atomic mass is 16.5. The molecule has 1 amide bonds. The molecule has 6 heteroatoms. The van der Waals surface area contributed by atoms with Crippen molar-refractivity contribution in [3.8, 4) is 11.5 Å². The number of methoxy groups -OCH3 is 1. The molecule has 0 aliphatic carbocycles. The van der Waals surface area contributed by atoms with Gasteiger partial charge in [-0.3, -0.25) is 4.79 Å². The number of aryl methyl sites for hydroxylation is 1. The average molecular weight is 295 g/mol. The Hall–Kier alpha value is -2.24. The van der Waals surface area contributed by atoms with E-state index in [1.165, 1.54) is 7.11 Å². The summed E-state index contributed by atoms with van der Waals surface area (Å²) in [6.07, 6.45) is 0. The van der Waals surface area contributed by atoms with Gasteiger partial charge in [0.25, 0.3) is 5.91 Å². The maximum atomic E-state index is 11.8. The zero-order chi connectivity index (χ0) is 16.0. The van der Waals surface area contributed by atoms with Crippen LogP contribution in [-0.2, 0) is 9.59 Å². The topological polar surface area (TPSA) is 84.9 Å². The van der Waals surface area contributed by atoms with Gasteiger partial charge in [0.2, 0.25) is 0 Å². The molecule has 0 unspecified atom stereocenters. The molecule has 0 aromatic heterocycles. The fourth-order valence-corrected chi connectivity index (χ4v) is 1.77. The number of nitrogens with one attached hydrogen (secondary N) is 1. The van der Waals surface area contributed by atoms with Gasteiger partial charge in [0.15, 0.2) is 18.1 Å². The number of hydrogen-bond donors (Lipinski definition) is 2. The maximum Gasteiger partial charge on any atom is 0.326 e. The Kier molecular flexibility index (Phi) is 6.02. The third-order valence-electron chi connectivity index (χ3n) is 2.93. The molecular formula is C15H21NO5. The molecule has 0 saturated carbocycles. The Morgan fingerprint density at radius 3 is 2.48 bits per heavy atom. The van der Waals surface area contributed by atoms with Crippen LogP contribution in [0.25, 0.3) is 0 Å². The summed E-state index contributed by atoms with van der Waals surface area (Å²) in [5.74, 6) is -0.790. The molecule has 21 heavy (non-hydrogen) atoms. The Morgan fingerprint density at radius 2 is 1.95 bits per heavy atom. The lowest BCUT2D eigenvalue weighted by Gasteiger charge is -2.18. The summed E-state index contributed by atoms with van der Waals surface area (Å²) < 4.78 is 10.5. The average Bonchev–Trinajstić information content (AvgIpc) is 2.42. The fraction of sp³-hybridized carbons (Fsp3) is 0.467. The van der Waals surface area contributed by atoms with Gasteiger partial charge < -0.3 is 19.9 Å². The number of ether oxygens (including phenoxy) is 2. The van der Waals surface area contributed by atoms with Crippen molar-refractivity contribution in [1.29, 1.82) is 0 Å². The van der Waals surface area contributed by atoms with Crippen molar-refractivity contribution in [3.05, 3.63) is 23.8 Å². The summed E-state index contributed by atoms with van der Waals surface area (Å²) in [5.41, 5.74) is 1.01. The van der Waals surface area contributed by atoms with Crippen molar-refractivity contribution in [1.82, 2.24) is 5.32 Å². The Balaban J connectivity index is 2.63. The van der Waals surface area contributed by atoms with Gasteiger partial charge in [0, 0.05) is 0 Å². The summed E-state index contributed by atoms with van der Waals surface area (Å²) in [6.45, 7) is 5.10. The first-order chi connectivity index (χ1) is 9.85. The zero-order valence-corrected chi connectivity index (χ0v) is 12.7. The molecule has 1 rings (SSSR count). The summed E-state index contributed by atoms with van der Waals surface area (Å²) >= 11 is 0. The molecule has 0 fully saturated rings. The minimum atomic E-state index is -1.06. The van der Waals surface area contributed by atoms with Crippen LogP contribution in [0.3, 0.4) is 0 Å². The first-order valence-electron chi connectivity index (χ1n) is 6.64. The zero-order valence-electron chi connectivity index (χ0n) is 12.7. The van der Waals surface area contributed by atoms with E-state index in [0.717, 1.165) is 5.56 Å². The molecule has 1 aromatic carbocycles. The quantitative estimate of drug-likeness (QED) is 0.798. The van der Waals surface area contributed by atoms with Crippen molar-refractivity contribution in [2.75, 3.05) is 13.7 Å². The third kappa shape index (κ3) is 4.98. The van der Waals surface area contributed by atoms with Gasteiger partial charge in [0.05, 0.1) is 7.11 Å². The minimum Gasteiger partial charge on any atom is -0.493 e. The van der Waals surface area contributed by atoms with Gasteiger partial charge >= 0.3 is 5.97 Å². The van der Waals surface area contributed by atoms with Gasteiger partial charge in [-0.25, -0.2) is 4.79 Å². The van der Waals surface area contributed by atoms with E-state index in [4.69, 9.17) is 14.6 Å². The second-order valence-corrected chi connectivity index (χ2v) is 5.07. The lowest BCUT2D eigenvalue weighted by molar-refractivity contribution is -0.143. The van der Waals surface area contributed by atoms with E-state index in [-0.39, 0.29) is 12.5 Å². The van der Waals surface area contributed by atoms with Crippen molar-refractivity contribution in [3.63, 3.8) is 0 Å². The highest BCUT2D eigenvalue weighted by molar-refractivity contribution is 5.84. The van der Waals surface area contributed by atoms with E-state index in [0.29, 0.717) is 11.5 Å². The fourth-order valence-electron chi connectivity index (χ4n) is 1.77. The van der Waals surface area contributed by atoms with Crippen LogP contribution >= 0.6 is 0 Å². The molecule has 0 aliphatic rings. The van der Waals surface area contributed by atoms with Crippen LogP contribution in [0, 0.1) is 12.8 Å². The molecule has 0 spiro atoms. The van der Waals surface area contributed by atoms with E-state index in [1.807, 2.05) is 13.0 Å². The molecule has 0 saturated heterocycles. The van der Waals surface area contributed by atoms with E-state index in [9.17, 15) is 9.59 Å². The number of amides is 1. The monoisotopic (exact) mass is 295 g/mol. The van der Waals surface area contributed by atoms with Crippen LogP contribution < -0.4 is 14.8 Å². The van der Waals surface area contributed by atoms with Crippen LogP contribution in [0.15, 0.2) is 18.2 Å². The normalized spacial score (nSPS) is 11.9. The lowest BCUT2D eigenvalue weighted by Crippen LogP contribution is -2.46. The van der Waals surface area contributed by atoms with Gasteiger partial charge in [-0.2, -0.15) is 0 Å². The Bertz CT molecular complexity index is 513. The van der Waals surface area contributed by atoms with E-state index < -0.39 is 17.9 Å². The predicted octanol–water partition coefficient (Wildman–Crippen LogP) is 1.61. The number of carbonyl (C=O) groups is 2. The highest BCUT2D eigenvalue weighted by Gasteiger charge is 2.23. The first-order valence-corrected chi connectivity index (χ1v) is 6.64. The molecule has 0 radical (unpaired) electrons. The summed E-state index contributed by atoms with van der Waals surface area (Å²) in [6, 6.07) is 4.41. The molecule has 0 aliphatic heterocycles. The van der Waals surface area contributed by atoms with Gasteiger partial charge in [-0.05, 0) is 30.5 Å². The number of carbonyl (C=O) groups excluding carboxylic acids is 1. The molecule has 2 N–H and O–H groups in total. The van der Waals surface area contributed by atoms with Gasteiger partial charge in [-0.15, -0.1) is 0 Å². The van der Waals surface area contributed by atoms with E-state index >= 15 is 0 Å². The summed E-state index contributed by atoms with van der Waals surface area (Å²) in [4.78, 5) is 22.8. The maximum absolute atomic E-state index is 11.8. The summed E-state index contributed by atoms with van der Waals surface area (Å²) in [7, 11) is 1.51. The predicted molar refractivity (Wildman–Crippen MR) is 77.6 cm³/mol. The van der Waals surface area contributed by atoms with Gasteiger partial charge in [-0.1, -0.05) is 19.9 Å². The molecule has 1 atom stereocenters. The summed E-state index contributed by atoms with van der Waals surface area (Å²) in [5, 5.41) is 11.4. The molecule has 116 valence electrons. The van der Waals surface area contributed by atoms with Crippen LogP contribution in [-0.4, -0.2) is 36.7 Å². The number of carboxylic acid groups (broad SMARTS) is 1. The van der Waals surface area contributed by atoms with E-state index in [2.05, 4.69) is 5.32 Å². The number of rotatable bonds is 7. The Labute approximate surface area is 124 Å². The number of benzene rings is 1. The minimum absolute atomic E-state index is 0.208. The first kappa shape index (κ1) is 16.8. The Morgan fingerprint density at radius 1 is 1.29 bits per heavy atom.